The summed E-state index contributed by atoms with van der Waals surface area (Å²) < 4.78 is 0. The summed E-state index contributed by atoms with van der Waals surface area (Å²) in [5.74, 6) is -1.12. The number of amides is 1. The molecule has 1 aromatic rings. The van der Waals surface area contributed by atoms with E-state index in [-0.39, 0.29) is 18.1 Å². The molecule has 0 aliphatic heterocycles. The van der Waals surface area contributed by atoms with Gasteiger partial charge < -0.3 is 15.7 Å². The minimum atomic E-state index is -1.05. The lowest BCUT2D eigenvalue weighted by Crippen LogP contribution is -2.30. The highest BCUT2D eigenvalue weighted by Gasteiger charge is 2.09. The summed E-state index contributed by atoms with van der Waals surface area (Å²) in [5, 5.41) is 16.6. The highest BCUT2D eigenvalue weighted by Crippen LogP contribution is 2.09. The van der Waals surface area contributed by atoms with Gasteiger partial charge in [0.1, 0.15) is 5.01 Å². The third-order valence-electron chi connectivity index (χ3n) is 2.11. The summed E-state index contributed by atoms with van der Waals surface area (Å²) >= 11 is 1.23. The minimum Gasteiger partial charge on any atom is -0.476 e. The van der Waals surface area contributed by atoms with E-state index in [1.807, 2.05) is 13.8 Å². The molecule has 0 spiro atoms. The predicted molar refractivity (Wildman–Crippen MR) is 68.7 cm³/mol. The Morgan fingerprint density at radius 3 is 2.78 bits per heavy atom. The Labute approximate surface area is 109 Å². The number of carbonyl (C=O) groups excluding carboxylic acids is 1. The molecule has 18 heavy (non-hydrogen) atoms. The molecule has 6 nitrogen and oxygen atoms in total. The molecule has 3 N–H and O–H groups in total. The van der Waals surface area contributed by atoms with E-state index in [2.05, 4.69) is 15.6 Å². The maximum Gasteiger partial charge on any atom is 0.355 e. The third kappa shape index (κ3) is 5.24. The van der Waals surface area contributed by atoms with Crippen molar-refractivity contribution in [2.45, 2.75) is 32.9 Å². The van der Waals surface area contributed by atoms with Gasteiger partial charge in [-0.05, 0) is 0 Å². The Balaban J connectivity index is 2.27. The number of hydrogen-bond acceptors (Lipinski definition) is 5. The van der Waals surface area contributed by atoms with Crippen LogP contribution in [0.1, 0.15) is 35.8 Å². The highest BCUT2D eigenvalue weighted by molar-refractivity contribution is 7.09. The fourth-order valence-corrected chi connectivity index (χ4v) is 1.94. The first-order valence-electron chi connectivity index (χ1n) is 5.67. The number of hydrogen-bond donors (Lipinski definition) is 3. The lowest BCUT2D eigenvalue weighted by molar-refractivity contribution is -0.121. The summed E-state index contributed by atoms with van der Waals surface area (Å²) in [6, 6.07) is 0.356. The van der Waals surface area contributed by atoms with Crippen LogP contribution in [-0.4, -0.2) is 34.6 Å². The molecule has 100 valence electrons. The molecule has 0 unspecified atom stereocenters. The number of aromatic nitrogens is 1. The normalized spacial score (nSPS) is 10.6. The van der Waals surface area contributed by atoms with E-state index in [1.54, 1.807) is 0 Å². The van der Waals surface area contributed by atoms with Crippen LogP contribution in [0.15, 0.2) is 5.38 Å². The van der Waals surface area contributed by atoms with E-state index in [1.165, 1.54) is 16.7 Å². The predicted octanol–water partition coefficient (Wildman–Crippen LogP) is 0.846. The topological polar surface area (TPSA) is 91.3 Å². The van der Waals surface area contributed by atoms with E-state index in [9.17, 15) is 9.59 Å². The molecule has 0 aromatic carbocycles. The van der Waals surface area contributed by atoms with Gasteiger partial charge in [-0.3, -0.25) is 4.79 Å². The van der Waals surface area contributed by atoms with E-state index in [4.69, 9.17) is 5.11 Å². The largest absolute Gasteiger partial charge is 0.476 e. The molecular weight excluding hydrogens is 254 g/mol. The number of aromatic carboxylic acids is 1. The second-order valence-corrected chi connectivity index (χ2v) is 5.01. The van der Waals surface area contributed by atoms with Crippen molar-refractivity contribution < 1.29 is 14.7 Å². The molecule has 0 saturated heterocycles. The van der Waals surface area contributed by atoms with Crippen LogP contribution in [0.2, 0.25) is 0 Å². The monoisotopic (exact) mass is 271 g/mol. The Kier molecular flexibility index (Phi) is 5.73. The zero-order valence-corrected chi connectivity index (χ0v) is 11.2. The second kappa shape index (κ2) is 7.07. The standard InChI is InChI=1S/C11H17N3O3S/c1-7(2)12-4-3-9(15)13-5-10-14-8(6-18-10)11(16)17/h6-7,12H,3-5H2,1-2H3,(H,13,15)(H,16,17). The molecule has 1 rings (SSSR count). The zero-order chi connectivity index (χ0) is 13.5. The van der Waals surface area contributed by atoms with Crippen molar-refractivity contribution >= 4 is 23.2 Å². The number of rotatable bonds is 7. The van der Waals surface area contributed by atoms with Crippen molar-refractivity contribution in [2.75, 3.05) is 6.54 Å². The number of nitrogens with one attached hydrogen (secondary N) is 2. The molecule has 0 radical (unpaired) electrons. The van der Waals surface area contributed by atoms with E-state index >= 15 is 0 Å². The lowest BCUT2D eigenvalue weighted by atomic mass is 10.3. The Morgan fingerprint density at radius 1 is 1.50 bits per heavy atom. The van der Waals surface area contributed by atoms with Crippen LogP contribution in [0, 0.1) is 0 Å². The van der Waals surface area contributed by atoms with Gasteiger partial charge >= 0.3 is 5.97 Å². The van der Waals surface area contributed by atoms with Gasteiger partial charge in [0.05, 0.1) is 6.54 Å². The highest BCUT2D eigenvalue weighted by atomic mass is 32.1. The second-order valence-electron chi connectivity index (χ2n) is 4.07. The van der Waals surface area contributed by atoms with Gasteiger partial charge in [-0.15, -0.1) is 11.3 Å². The molecule has 0 fully saturated rings. The van der Waals surface area contributed by atoms with E-state index in [0.29, 0.717) is 24.0 Å². The van der Waals surface area contributed by atoms with Gasteiger partial charge in [-0.25, -0.2) is 9.78 Å². The van der Waals surface area contributed by atoms with Crippen molar-refractivity contribution in [1.82, 2.24) is 15.6 Å². The number of thiazole rings is 1. The average molecular weight is 271 g/mol. The third-order valence-corrected chi connectivity index (χ3v) is 2.96. The molecule has 0 bridgehead atoms. The molecule has 0 atom stereocenters. The van der Waals surface area contributed by atoms with Crippen molar-refractivity contribution in [1.29, 1.82) is 0 Å². The number of nitrogens with zero attached hydrogens (tertiary/aromatic N) is 1. The van der Waals surface area contributed by atoms with Gasteiger partial charge in [-0.2, -0.15) is 0 Å². The number of carboxylic acid groups (broad SMARTS) is 1. The maximum absolute atomic E-state index is 11.4. The fraction of sp³-hybridized carbons (Fsp3) is 0.545. The van der Waals surface area contributed by atoms with Crippen LogP contribution >= 0.6 is 11.3 Å². The van der Waals surface area contributed by atoms with Crippen LogP contribution in [0.25, 0.3) is 0 Å². The molecule has 0 aliphatic carbocycles. The Bertz CT molecular complexity index is 417. The van der Waals surface area contributed by atoms with Crippen LogP contribution in [-0.2, 0) is 11.3 Å². The lowest BCUT2D eigenvalue weighted by Gasteiger charge is -2.07. The summed E-state index contributed by atoms with van der Waals surface area (Å²) in [4.78, 5) is 25.9. The molecule has 1 aromatic heterocycles. The SMILES string of the molecule is CC(C)NCCC(=O)NCc1nc(C(=O)O)cs1. The first kappa shape index (κ1) is 14.6. The van der Waals surface area contributed by atoms with Gasteiger partial charge in [0, 0.05) is 24.4 Å². The quantitative estimate of drug-likeness (QED) is 0.683. The van der Waals surface area contributed by atoms with Crippen molar-refractivity contribution in [3.63, 3.8) is 0 Å². The van der Waals surface area contributed by atoms with E-state index in [0.717, 1.165) is 0 Å². The zero-order valence-electron chi connectivity index (χ0n) is 10.4. The number of carbonyl (C=O) groups is 2. The average Bonchev–Trinajstić information content (AvgIpc) is 2.74. The van der Waals surface area contributed by atoms with Gasteiger partial charge in [0.15, 0.2) is 5.69 Å². The van der Waals surface area contributed by atoms with Crippen LogP contribution in [0.3, 0.4) is 0 Å². The summed E-state index contributed by atoms with van der Waals surface area (Å²) in [6.07, 6.45) is 0.398. The summed E-state index contributed by atoms with van der Waals surface area (Å²) in [6.45, 7) is 4.93. The first-order valence-corrected chi connectivity index (χ1v) is 6.54. The smallest absolute Gasteiger partial charge is 0.355 e. The van der Waals surface area contributed by atoms with Crippen molar-refractivity contribution in [3.05, 3.63) is 16.1 Å². The van der Waals surface area contributed by atoms with Crippen molar-refractivity contribution in [2.24, 2.45) is 0 Å². The molecule has 1 heterocycles. The Morgan fingerprint density at radius 2 is 2.22 bits per heavy atom. The molecule has 0 aliphatic rings. The summed E-state index contributed by atoms with van der Waals surface area (Å²) in [7, 11) is 0. The molecular formula is C11H17N3O3S. The van der Waals surface area contributed by atoms with E-state index < -0.39 is 5.97 Å². The minimum absolute atomic E-state index is 0.0192. The fourth-order valence-electron chi connectivity index (χ4n) is 1.23. The van der Waals surface area contributed by atoms with Crippen LogP contribution in [0.5, 0.6) is 0 Å². The molecule has 1 amide bonds. The molecule has 7 heteroatoms. The van der Waals surface area contributed by atoms with Crippen LogP contribution < -0.4 is 10.6 Å². The van der Waals surface area contributed by atoms with Crippen molar-refractivity contribution in [3.8, 4) is 0 Å². The van der Waals surface area contributed by atoms with Crippen LogP contribution in [0.4, 0.5) is 0 Å². The van der Waals surface area contributed by atoms with Gasteiger partial charge in [-0.1, -0.05) is 13.8 Å². The molecule has 0 saturated carbocycles. The van der Waals surface area contributed by atoms with Gasteiger partial charge in [0.25, 0.3) is 0 Å². The number of carboxylic acids is 1. The van der Waals surface area contributed by atoms with Gasteiger partial charge in [0.2, 0.25) is 5.91 Å². The first-order chi connectivity index (χ1) is 8.49. The maximum atomic E-state index is 11.4. The Hall–Kier alpha value is -1.47. The summed E-state index contributed by atoms with van der Waals surface area (Å²) in [5.41, 5.74) is 0.0192.